The molecular weight excluding hydrogens is 1140 g/mol. The van der Waals surface area contributed by atoms with E-state index in [2.05, 4.69) is 332 Å². The van der Waals surface area contributed by atoms with Gasteiger partial charge in [0, 0.05) is 90.7 Å². The summed E-state index contributed by atoms with van der Waals surface area (Å²) in [5, 5.41) is 5.23. The lowest BCUT2D eigenvalue weighted by Crippen LogP contribution is -2.16. The minimum absolute atomic E-state index is 0.164. The summed E-state index contributed by atoms with van der Waals surface area (Å²) in [5.41, 5.74) is 29.8. The Labute approximate surface area is 542 Å². The molecule has 3 aliphatic rings. The Morgan fingerprint density at radius 3 is 0.890 bits per heavy atom. The number of thiophene rings is 2. The Hall–Kier alpha value is -9.84. The number of hydrogen-bond acceptors (Lipinski definition) is 4. The second-order valence-electron chi connectivity index (χ2n) is 27.1. The molecule has 0 saturated heterocycles. The molecule has 2 nitrogen and oxygen atoms in total. The topological polar surface area (TPSA) is 6.48 Å². The molecule has 0 unspecified atom stereocenters. The fourth-order valence-corrected chi connectivity index (χ4v) is 17.6. The van der Waals surface area contributed by atoms with Gasteiger partial charge >= 0.3 is 0 Å². The number of anilines is 6. The maximum Gasteiger partial charge on any atom is 0.0468 e. The Bertz CT molecular complexity index is 5110. The Morgan fingerprint density at radius 2 is 0.538 bits per heavy atom. The average molecular weight is 1210 g/mol. The van der Waals surface area contributed by atoms with Crippen molar-refractivity contribution in [2.24, 2.45) is 0 Å². The molecule has 14 aromatic rings. The summed E-state index contributed by atoms with van der Waals surface area (Å²) in [6.45, 7) is 18.7. The molecule has 0 aliphatic heterocycles. The normalized spacial score (nSPS) is 14.5. The molecule has 0 bridgehead atoms. The van der Waals surface area contributed by atoms with E-state index < -0.39 is 0 Å². The Morgan fingerprint density at radius 1 is 0.253 bits per heavy atom. The molecule has 0 atom stereocenters. The van der Waals surface area contributed by atoms with Crippen LogP contribution >= 0.6 is 22.7 Å². The van der Waals surface area contributed by atoms with Gasteiger partial charge in [0.15, 0.2) is 0 Å². The zero-order chi connectivity index (χ0) is 61.7. The zero-order valence-corrected chi connectivity index (χ0v) is 54.2. The summed E-state index contributed by atoms with van der Waals surface area (Å²) in [4.78, 5) is 4.88. The van der Waals surface area contributed by atoms with E-state index in [0.717, 1.165) is 22.7 Å². The lowest BCUT2D eigenvalue weighted by molar-refractivity contribution is 0.660. The van der Waals surface area contributed by atoms with Crippen LogP contribution in [0, 0.1) is 13.8 Å². The van der Waals surface area contributed by atoms with Crippen molar-refractivity contribution in [2.45, 2.75) is 71.6 Å². The van der Waals surface area contributed by atoms with Crippen LogP contribution in [0.15, 0.2) is 243 Å². The summed E-state index contributed by atoms with van der Waals surface area (Å²) in [5.74, 6) is 0. The van der Waals surface area contributed by atoms with Crippen molar-refractivity contribution in [1.29, 1.82) is 0 Å². The highest BCUT2D eigenvalue weighted by atomic mass is 32.1. The van der Waals surface area contributed by atoms with Crippen molar-refractivity contribution in [2.75, 3.05) is 9.80 Å². The maximum absolute atomic E-state index is 2.45. The van der Waals surface area contributed by atoms with Crippen molar-refractivity contribution in [1.82, 2.24) is 0 Å². The van der Waals surface area contributed by atoms with E-state index in [1.54, 1.807) is 0 Å². The van der Waals surface area contributed by atoms with Crippen molar-refractivity contribution in [3.05, 3.63) is 309 Å². The minimum atomic E-state index is -0.201. The molecule has 0 radical (unpaired) electrons. The summed E-state index contributed by atoms with van der Waals surface area (Å²) in [7, 11) is 0. The number of hydrogen-bond donors (Lipinski definition) is 0. The highest BCUT2D eigenvalue weighted by Gasteiger charge is 2.39. The molecule has 0 saturated carbocycles. The van der Waals surface area contributed by atoms with Gasteiger partial charge in [-0.15, -0.1) is 22.7 Å². The van der Waals surface area contributed by atoms with Crippen molar-refractivity contribution in [3.63, 3.8) is 0 Å². The van der Waals surface area contributed by atoms with E-state index in [-0.39, 0.29) is 16.2 Å². The summed E-state index contributed by atoms with van der Waals surface area (Å²) in [6, 6.07) is 91.8. The van der Waals surface area contributed by atoms with Crippen LogP contribution < -0.4 is 9.80 Å². The lowest BCUT2D eigenvalue weighted by atomic mass is 9.81. The second kappa shape index (κ2) is 20.6. The van der Waals surface area contributed by atoms with Crippen LogP contribution in [-0.4, -0.2) is 0 Å². The molecule has 4 heteroatoms. The van der Waals surface area contributed by atoms with Gasteiger partial charge in [-0.25, -0.2) is 0 Å². The fourth-order valence-electron chi connectivity index (χ4n) is 15.5. The number of fused-ring (bicyclic) bond motifs is 15. The van der Waals surface area contributed by atoms with Gasteiger partial charge in [-0.1, -0.05) is 211 Å². The third-order valence-corrected chi connectivity index (χ3v) is 22.6. The van der Waals surface area contributed by atoms with Crippen LogP contribution in [0.4, 0.5) is 34.1 Å². The van der Waals surface area contributed by atoms with Gasteiger partial charge in [0.05, 0.1) is 0 Å². The van der Waals surface area contributed by atoms with E-state index in [1.165, 1.54) is 152 Å². The van der Waals surface area contributed by atoms with Crippen molar-refractivity contribution >= 4 is 121 Å². The SMILES string of the molecule is Cc1cccc(N(c2ccc3c(c2)C(C)(C)c2cc(/C=C/c4ccc5c(c4)C(C)(C)c4cc(/C=C/c6ccc7c(c6)C(C)(C)c6cc(N(c8cccc(C)c8)c8ccc9sc%10ccccc%10c9c8)ccc6-7)ccc4-5)ccc2-3)c2ccc3sc4ccccc4c3c2)c1. The zero-order valence-electron chi connectivity index (χ0n) is 52.6. The minimum Gasteiger partial charge on any atom is -0.310 e. The number of rotatable bonds is 10. The second-order valence-corrected chi connectivity index (χ2v) is 29.3. The molecule has 2 aromatic heterocycles. The fraction of sp³-hybridized carbons (Fsp3) is 0.126. The smallest absolute Gasteiger partial charge is 0.0468 e. The third-order valence-electron chi connectivity index (χ3n) is 20.3. The number of nitrogens with zero attached hydrogens (tertiary/aromatic N) is 2. The van der Waals surface area contributed by atoms with E-state index in [1.807, 2.05) is 22.7 Å². The molecule has 0 spiro atoms. The summed E-state index contributed by atoms with van der Waals surface area (Å²) in [6.07, 6.45) is 9.22. The molecule has 17 rings (SSSR count). The largest absolute Gasteiger partial charge is 0.310 e. The highest BCUT2D eigenvalue weighted by molar-refractivity contribution is 7.26. The molecule has 0 fully saturated rings. The van der Waals surface area contributed by atoms with E-state index in [9.17, 15) is 0 Å². The van der Waals surface area contributed by atoms with Gasteiger partial charge in [0.25, 0.3) is 0 Å². The molecule has 2 heterocycles. The van der Waals surface area contributed by atoms with Gasteiger partial charge in [0.1, 0.15) is 0 Å². The molecule has 3 aliphatic carbocycles. The van der Waals surface area contributed by atoms with Crippen LogP contribution in [0.5, 0.6) is 0 Å². The van der Waals surface area contributed by atoms with Gasteiger partial charge in [-0.05, 0) is 211 Å². The predicted molar refractivity (Wildman–Crippen MR) is 394 cm³/mol. The number of aryl methyl sites for hydroxylation is 2. The van der Waals surface area contributed by atoms with Crippen LogP contribution in [0.1, 0.15) is 108 Å². The summed E-state index contributed by atoms with van der Waals surface area (Å²) < 4.78 is 5.27. The van der Waals surface area contributed by atoms with Gasteiger partial charge < -0.3 is 9.80 Å². The average Bonchev–Trinajstić information content (AvgIpc) is 1.63. The molecule has 0 N–H and O–H groups in total. The van der Waals surface area contributed by atoms with E-state index >= 15 is 0 Å². The molecule has 438 valence electrons. The first kappa shape index (κ1) is 55.2. The van der Waals surface area contributed by atoms with E-state index in [4.69, 9.17) is 0 Å². The quantitative estimate of drug-likeness (QED) is 0.126. The first-order valence-corrected chi connectivity index (χ1v) is 33.6. The molecule has 0 amide bonds. The summed E-state index contributed by atoms with van der Waals surface area (Å²) >= 11 is 3.73. The van der Waals surface area contributed by atoms with Crippen LogP contribution in [-0.2, 0) is 16.2 Å². The first-order chi connectivity index (χ1) is 44.1. The Balaban J connectivity index is 0.616. The highest BCUT2D eigenvalue weighted by Crippen LogP contribution is 2.55. The van der Waals surface area contributed by atoms with Crippen molar-refractivity contribution < 1.29 is 0 Å². The van der Waals surface area contributed by atoms with Crippen LogP contribution in [0.3, 0.4) is 0 Å². The maximum atomic E-state index is 2.45. The van der Waals surface area contributed by atoms with Gasteiger partial charge in [-0.3, -0.25) is 0 Å². The number of benzene rings is 12. The van der Waals surface area contributed by atoms with Gasteiger partial charge in [0.2, 0.25) is 0 Å². The third kappa shape index (κ3) is 8.93. The molecule has 12 aromatic carbocycles. The van der Waals surface area contributed by atoms with Crippen molar-refractivity contribution in [3.8, 4) is 33.4 Å². The first-order valence-electron chi connectivity index (χ1n) is 31.9. The molecular formula is C87H68N2S2. The standard InChI is InChI=1S/C87H68N2S2/c1-53-15-13-17-59(43-53)88(61-33-41-83-73(49-61)71-19-9-11-21-81(71)90-83)63-31-39-69-67-37-29-57(47-77(67)86(5,6)79(69)51-63)25-23-55-27-35-65-66-36-28-56(46-76(66)85(3,4)75(65)45-55)24-26-58-30-38-68-70-40-32-64(52-80(70)87(7,8)78(68)48-58)89(60-18-14-16-54(2)44-60)62-34-42-84-74(50-62)72-20-10-12-22-82(72)91-84/h9-52H,1-8H3/b25-23+,26-24+. The van der Waals surface area contributed by atoms with Crippen LogP contribution in [0.2, 0.25) is 0 Å². The molecule has 91 heavy (non-hydrogen) atoms. The predicted octanol–water partition coefficient (Wildman–Crippen LogP) is 25.2. The van der Waals surface area contributed by atoms with E-state index in [0.29, 0.717) is 0 Å². The monoisotopic (exact) mass is 1200 g/mol. The lowest BCUT2D eigenvalue weighted by Gasteiger charge is -2.28. The van der Waals surface area contributed by atoms with Gasteiger partial charge in [-0.2, -0.15) is 0 Å². The van der Waals surface area contributed by atoms with Crippen LogP contribution in [0.25, 0.3) is 98.0 Å². The Kier molecular flexibility index (Phi) is 12.5.